The van der Waals surface area contributed by atoms with E-state index in [-0.39, 0.29) is 0 Å². The molecule has 1 atom stereocenters. The second kappa shape index (κ2) is 5.41. The minimum absolute atomic E-state index is 0.536. The molecule has 3 N–H and O–H groups in total. The maximum absolute atomic E-state index is 6.03. The number of aryl methyl sites for hydroxylation is 1. The minimum atomic E-state index is 0.536. The maximum Gasteiger partial charge on any atom is 0.0576 e. The average molecular weight is 233 g/mol. The summed E-state index contributed by atoms with van der Waals surface area (Å²) in [6, 6.07) is 6.77. The Kier molecular flexibility index (Phi) is 3.89. The Bertz CT molecular complexity index is 376. The van der Waals surface area contributed by atoms with Crippen molar-refractivity contribution < 1.29 is 0 Å². The second-order valence-corrected chi connectivity index (χ2v) is 4.97. The van der Waals surface area contributed by atoms with Gasteiger partial charge in [0.1, 0.15) is 0 Å². The van der Waals surface area contributed by atoms with Crippen LogP contribution in [0, 0.1) is 6.92 Å². The minimum Gasteiger partial charge on any atom is -0.397 e. The van der Waals surface area contributed by atoms with E-state index in [2.05, 4.69) is 36.2 Å². The molecule has 1 unspecified atom stereocenters. The van der Waals surface area contributed by atoms with Gasteiger partial charge in [-0.1, -0.05) is 13.0 Å². The number of nitrogens with two attached hydrogens (primary N) is 1. The Labute approximate surface area is 104 Å². The summed E-state index contributed by atoms with van der Waals surface area (Å²) in [4.78, 5) is 2.49. The number of anilines is 2. The third-order valence-corrected chi connectivity index (χ3v) is 3.52. The van der Waals surface area contributed by atoms with Gasteiger partial charge in [-0.05, 0) is 50.6 Å². The summed E-state index contributed by atoms with van der Waals surface area (Å²) >= 11 is 0. The molecule has 1 aromatic carbocycles. The van der Waals surface area contributed by atoms with Crippen LogP contribution in [0.25, 0.3) is 0 Å². The van der Waals surface area contributed by atoms with Gasteiger partial charge in [0.2, 0.25) is 0 Å². The Morgan fingerprint density at radius 2 is 2.29 bits per heavy atom. The first kappa shape index (κ1) is 12.2. The summed E-state index contributed by atoms with van der Waals surface area (Å²) in [5, 5.41) is 3.57. The third kappa shape index (κ3) is 3.13. The zero-order chi connectivity index (χ0) is 12.3. The van der Waals surface area contributed by atoms with Crippen molar-refractivity contribution in [2.24, 2.45) is 0 Å². The van der Waals surface area contributed by atoms with E-state index in [1.807, 2.05) is 6.07 Å². The largest absolute Gasteiger partial charge is 0.397 e. The van der Waals surface area contributed by atoms with Gasteiger partial charge in [-0.3, -0.25) is 0 Å². The lowest BCUT2D eigenvalue weighted by atomic mass is 10.0. The van der Waals surface area contributed by atoms with Crippen LogP contribution < -0.4 is 11.1 Å². The van der Waals surface area contributed by atoms with E-state index in [4.69, 9.17) is 5.73 Å². The van der Waals surface area contributed by atoms with Crippen molar-refractivity contribution in [3.63, 3.8) is 0 Å². The standard InChI is InChI=1S/C14H23N3/c1-3-17-8-4-5-12(10-17)16-14-7-6-11(2)9-13(14)15/h6-7,9,12,16H,3-5,8,10,15H2,1-2H3. The highest BCUT2D eigenvalue weighted by molar-refractivity contribution is 5.67. The van der Waals surface area contributed by atoms with Crippen LogP contribution in [0.3, 0.4) is 0 Å². The highest BCUT2D eigenvalue weighted by atomic mass is 15.2. The van der Waals surface area contributed by atoms with Crippen molar-refractivity contribution in [2.75, 3.05) is 30.7 Å². The van der Waals surface area contributed by atoms with Crippen molar-refractivity contribution in [1.29, 1.82) is 0 Å². The summed E-state index contributed by atoms with van der Waals surface area (Å²) in [6.07, 6.45) is 2.51. The van der Waals surface area contributed by atoms with Crippen LogP contribution in [0.1, 0.15) is 25.3 Å². The van der Waals surface area contributed by atoms with E-state index < -0.39 is 0 Å². The van der Waals surface area contributed by atoms with Gasteiger partial charge in [-0.25, -0.2) is 0 Å². The van der Waals surface area contributed by atoms with E-state index in [9.17, 15) is 0 Å². The molecule has 1 aromatic rings. The van der Waals surface area contributed by atoms with E-state index in [1.165, 1.54) is 24.9 Å². The quantitative estimate of drug-likeness (QED) is 0.788. The summed E-state index contributed by atoms with van der Waals surface area (Å²) in [5.41, 5.74) is 9.19. The van der Waals surface area contributed by atoms with Gasteiger partial charge in [0.05, 0.1) is 11.4 Å². The summed E-state index contributed by atoms with van der Waals surface area (Å²) < 4.78 is 0. The van der Waals surface area contributed by atoms with E-state index >= 15 is 0 Å². The van der Waals surface area contributed by atoms with Crippen LogP contribution in [0.4, 0.5) is 11.4 Å². The highest BCUT2D eigenvalue weighted by Crippen LogP contribution is 2.22. The molecule has 1 saturated heterocycles. The third-order valence-electron chi connectivity index (χ3n) is 3.52. The Morgan fingerprint density at radius 3 is 3.00 bits per heavy atom. The van der Waals surface area contributed by atoms with Crippen LogP contribution >= 0.6 is 0 Å². The summed E-state index contributed by atoms with van der Waals surface area (Å²) in [7, 11) is 0. The molecule has 0 saturated carbocycles. The van der Waals surface area contributed by atoms with Gasteiger partial charge in [-0.15, -0.1) is 0 Å². The molecule has 0 aliphatic carbocycles. The van der Waals surface area contributed by atoms with Crippen molar-refractivity contribution in [1.82, 2.24) is 4.90 Å². The fourth-order valence-electron chi connectivity index (χ4n) is 2.49. The van der Waals surface area contributed by atoms with Gasteiger partial charge >= 0.3 is 0 Å². The first-order valence-corrected chi connectivity index (χ1v) is 6.54. The monoisotopic (exact) mass is 233 g/mol. The lowest BCUT2D eigenvalue weighted by Gasteiger charge is -2.33. The summed E-state index contributed by atoms with van der Waals surface area (Å²) in [6.45, 7) is 7.80. The molecule has 2 rings (SSSR count). The molecule has 0 bridgehead atoms. The number of nitrogens with one attached hydrogen (secondary N) is 1. The number of benzene rings is 1. The van der Waals surface area contributed by atoms with Gasteiger partial charge in [-0.2, -0.15) is 0 Å². The zero-order valence-corrected chi connectivity index (χ0v) is 10.9. The number of likely N-dealkylation sites (N-methyl/N-ethyl adjacent to an activating group) is 1. The lowest BCUT2D eigenvalue weighted by Crippen LogP contribution is -2.41. The zero-order valence-electron chi connectivity index (χ0n) is 10.9. The highest BCUT2D eigenvalue weighted by Gasteiger charge is 2.18. The van der Waals surface area contributed by atoms with Gasteiger partial charge < -0.3 is 16.0 Å². The molecule has 1 aliphatic rings. The molecule has 17 heavy (non-hydrogen) atoms. The Hall–Kier alpha value is -1.22. The number of likely N-dealkylation sites (tertiary alicyclic amines) is 1. The molecule has 0 radical (unpaired) electrons. The second-order valence-electron chi connectivity index (χ2n) is 4.97. The van der Waals surface area contributed by atoms with Gasteiger partial charge in [0.15, 0.2) is 0 Å². The Balaban J connectivity index is 2.00. The smallest absolute Gasteiger partial charge is 0.0576 e. The normalized spacial score (nSPS) is 21.4. The molecule has 1 fully saturated rings. The van der Waals surface area contributed by atoms with Crippen molar-refractivity contribution in [2.45, 2.75) is 32.7 Å². The number of rotatable bonds is 3. The van der Waals surface area contributed by atoms with Crippen LogP contribution in [-0.4, -0.2) is 30.6 Å². The summed E-state index contributed by atoms with van der Waals surface area (Å²) in [5.74, 6) is 0. The van der Waals surface area contributed by atoms with E-state index in [0.29, 0.717) is 6.04 Å². The first-order valence-electron chi connectivity index (χ1n) is 6.54. The molecular weight excluding hydrogens is 210 g/mol. The van der Waals surface area contributed by atoms with Crippen LogP contribution in [0.15, 0.2) is 18.2 Å². The van der Waals surface area contributed by atoms with E-state index in [1.54, 1.807) is 0 Å². The van der Waals surface area contributed by atoms with Gasteiger partial charge in [0.25, 0.3) is 0 Å². The fourth-order valence-corrected chi connectivity index (χ4v) is 2.49. The van der Waals surface area contributed by atoms with Crippen LogP contribution in [0.5, 0.6) is 0 Å². The number of hydrogen-bond donors (Lipinski definition) is 2. The number of piperidine rings is 1. The van der Waals surface area contributed by atoms with E-state index in [0.717, 1.165) is 24.5 Å². The molecule has 0 amide bonds. The molecular formula is C14H23N3. The van der Waals surface area contributed by atoms with Gasteiger partial charge in [0, 0.05) is 12.6 Å². The molecule has 3 nitrogen and oxygen atoms in total. The number of nitrogen functional groups attached to an aromatic ring is 1. The van der Waals surface area contributed by atoms with Crippen molar-refractivity contribution in [3.05, 3.63) is 23.8 Å². The van der Waals surface area contributed by atoms with Crippen molar-refractivity contribution in [3.8, 4) is 0 Å². The topological polar surface area (TPSA) is 41.3 Å². The molecule has 1 aliphatic heterocycles. The maximum atomic E-state index is 6.03. The number of nitrogens with zero attached hydrogens (tertiary/aromatic N) is 1. The SMILES string of the molecule is CCN1CCCC(Nc2ccc(C)cc2N)C1. The Morgan fingerprint density at radius 1 is 1.47 bits per heavy atom. The first-order chi connectivity index (χ1) is 8.19. The number of hydrogen-bond acceptors (Lipinski definition) is 3. The average Bonchev–Trinajstić information content (AvgIpc) is 2.33. The predicted octanol–water partition coefficient (Wildman–Crippen LogP) is 2.47. The lowest BCUT2D eigenvalue weighted by molar-refractivity contribution is 0.227. The molecule has 3 heteroatoms. The fraction of sp³-hybridized carbons (Fsp3) is 0.571. The molecule has 0 spiro atoms. The molecule has 0 aromatic heterocycles. The van der Waals surface area contributed by atoms with Crippen LogP contribution in [-0.2, 0) is 0 Å². The molecule has 1 heterocycles. The molecule has 94 valence electrons. The van der Waals surface area contributed by atoms with Crippen molar-refractivity contribution >= 4 is 11.4 Å². The van der Waals surface area contributed by atoms with Crippen LogP contribution in [0.2, 0.25) is 0 Å². The predicted molar refractivity (Wildman–Crippen MR) is 74.4 cm³/mol.